The van der Waals surface area contributed by atoms with Gasteiger partial charge in [0.2, 0.25) is 15.9 Å². The molecule has 0 aromatic heterocycles. The first-order chi connectivity index (χ1) is 13.0. The molecule has 9 heteroatoms. The minimum atomic E-state index is -3.60. The second kappa shape index (κ2) is 9.02. The summed E-state index contributed by atoms with van der Waals surface area (Å²) in [7, 11) is -3.60. The molecule has 8 nitrogen and oxygen atoms in total. The van der Waals surface area contributed by atoms with Crippen molar-refractivity contribution in [1.29, 1.82) is 0 Å². The summed E-state index contributed by atoms with van der Waals surface area (Å²) in [5.74, 6) is -0.228. The maximum absolute atomic E-state index is 12.9. The SMILES string of the molecule is CC(=O)Nc1ccc(S(=O)(=O)N2CCC[NH+](CC(=O)NC(C)(C)C)CC2)cc1. The standard InChI is InChI=1S/C19H30N4O4S/c1-15(24)20-16-6-8-17(9-7-16)28(26,27)23-11-5-10-22(12-13-23)14-18(25)21-19(2,3)4/h6-9H,5,10-14H2,1-4H3,(H,20,24)(H,21,25)/p+1. The van der Waals surface area contributed by atoms with Gasteiger partial charge in [0.15, 0.2) is 6.54 Å². The van der Waals surface area contributed by atoms with E-state index in [0.29, 0.717) is 38.3 Å². The van der Waals surface area contributed by atoms with E-state index < -0.39 is 10.0 Å². The molecule has 0 radical (unpaired) electrons. The predicted octanol–water partition coefficient (Wildman–Crippen LogP) is -0.161. The lowest BCUT2D eigenvalue weighted by atomic mass is 10.1. The highest BCUT2D eigenvalue weighted by Crippen LogP contribution is 2.18. The molecule has 1 aliphatic heterocycles. The zero-order valence-electron chi connectivity index (χ0n) is 17.0. The van der Waals surface area contributed by atoms with E-state index in [-0.39, 0.29) is 22.2 Å². The fourth-order valence-corrected chi connectivity index (χ4v) is 4.67. The molecular weight excluding hydrogens is 380 g/mol. The third kappa shape index (κ3) is 6.57. The molecule has 156 valence electrons. The van der Waals surface area contributed by atoms with Gasteiger partial charge in [-0.05, 0) is 45.0 Å². The molecule has 0 bridgehead atoms. The monoisotopic (exact) mass is 411 g/mol. The highest BCUT2D eigenvalue weighted by Gasteiger charge is 2.29. The van der Waals surface area contributed by atoms with Crippen molar-refractivity contribution in [3.05, 3.63) is 24.3 Å². The number of hydrogen-bond donors (Lipinski definition) is 3. The van der Waals surface area contributed by atoms with Crippen LogP contribution in [0.15, 0.2) is 29.2 Å². The van der Waals surface area contributed by atoms with Gasteiger partial charge >= 0.3 is 0 Å². The Hall–Kier alpha value is -1.97. The maximum Gasteiger partial charge on any atom is 0.275 e. The summed E-state index contributed by atoms with van der Waals surface area (Å²) in [6.07, 6.45) is 0.696. The van der Waals surface area contributed by atoms with Gasteiger partial charge in [0.05, 0.1) is 24.5 Å². The molecule has 1 aliphatic rings. The topological polar surface area (TPSA) is 100 Å². The van der Waals surface area contributed by atoms with Crippen molar-refractivity contribution in [2.75, 3.05) is 38.0 Å². The number of nitrogens with one attached hydrogen (secondary N) is 3. The van der Waals surface area contributed by atoms with Crippen LogP contribution in [0.4, 0.5) is 5.69 Å². The molecule has 3 N–H and O–H groups in total. The molecule has 1 saturated heterocycles. The molecule has 1 heterocycles. The van der Waals surface area contributed by atoms with Crippen LogP contribution in [0.3, 0.4) is 0 Å². The van der Waals surface area contributed by atoms with Crippen molar-refractivity contribution in [2.45, 2.75) is 44.6 Å². The molecule has 2 rings (SSSR count). The summed E-state index contributed by atoms with van der Waals surface area (Å²) in [6, 6.07) is 6.18. The lowest BCUT2D eigenvalue weighted by Crippen LogP contribution is -3.13. The highest BCUT2D eigenvalue weighted by atomic mass is 32.2. The Bertz CT molecular complexity index is 800. The molecule has 1 aromatic rings. The number of rotatable bonds is 5. The van der Waals surface area contributed by atoms with Gasteiger partial charge in [-0.2, -0.15) is 4.31 Å². The van der Waals surface area contributed by atoms with Crippen LogP contribution in [0, 0.1) is 0 Å². The van der Waals surface area contributed by atoms with E-state index in [2.05, 4.69) is 10.6 Å². The second-order valence-corrected chi connectivity index (χ2v) is 10.1. The zero-order chi connectivity index (χ0) is 20.9. The van der Waals surface area contributed by atoms with Crippen molar-refractivity contribution in [1.82, 2.24) is 9.62 Å². The largest absolute Gasteiger partial charge is 0.347 e. The lowest BCUT2D eigenvalue weighted by Gasteiger charge is -2.23. The van der Waals surface area contributed by atoms with E-state index in [0.717, 1.165) is 11.4 Å². The van der Waals surface area contributed by atoms with Crippen molar-refractivity contribution < 1.29 is 22.9 Å². The maximum atomic E-state index is 12.9. The van der Waals surface area contributed by atoms with E-state index in [4.69, 9.17) is 0 Å². The van der Waals surface area contributed by atoms with E-state index in [1.807, 2.05) is 20.8 Å². The van der Waals surface area contributed by atoms with Crippen LogP contribution in [0.5, 0.6) is 0 Å². The molecule has 1 aromatic carbocycles. The summed E-state index contributed by atoms with van der Waals surface area (Å²) in [5.41, 5.74) is 0.282. The Morgan fingerprint density at radius 3 is 2.32 bits per heavy atom. The van der Waals surface area contributed by atoms with Crippen molar-refractivity contribution >= 4 is 27.5 Å². The van der Waals surface area contributed by atoms with E-state index in [1.54, 1.807) is 12.1 Å². The van der Waals surface area contributed by atoms with Crippen LogP contribution in [0.2, 0.25) is 0 Å². The normalized spacial score (nSPS) is 18.9. The Morgan fingerprint density at radius 1 is 1.11 bits per heavy atom. The first-order valence-electron chi connectivity index (χ1n) is 9.50. The van der Waals surface area contributed by atoms with Gasteiger partial charge < -0.3 is 15.5 Å². The number of nitrogens with zero attached hydrogens (tertiary/aromatic N) is 1. The number of hydrogen-bond acceptors (Lipinski definition) is 4. The Labute approximate surface area is 167 Å². The first kappa shape index (κ1) is 22.3. The lowest BCUT2D eigenvalue weighted by molar-refractivity contribution is -0.889. The van der Waals surface area contributed by atoms with Gasteiger partial charge in [-0.25, -0.2) is 8.42 Å². The van der Waals surface area contributed by atoms with Gasteiger partial charge in [-0.3, -0.25) is 9.59 Å². The minimum Gasteiger partial charge on any atom is -0.347 e. The van der Waals surface area contributed by atoms with Crippen LogP contribution >= 0.6 is 0 Å². The third-order valence-electron chi connectivity index (χ3n) is 4.39. The smallest absolute Gasteiger partial charge is 0.275 e. The summed E-state index contributed by atoms with van der Waals surface area (Å²) < 4.78 is 27.4. The molecule has 0 aliphatic carbocycles. The predicted molar refractivity (Wildman–Crippen MR) is 108 cm³/mol. The number of amides is 2. The number of carbonyl (C=O) groups excluding carboxylic acids is 2. The van der Waals surface area contributed by atoms with Crippen LogP contribution in [0.1, 0.15) is 34.1 Å². The van der Waals surface area contributed by atoms with E-state index >= 15 is 0 Å². The molecule has 2 amide bonds. The summed E-state index contributed by atoms with van der Waals surface area (Å²) >= 11 is 0. The highest BCUT2D eigenvalue weighted by molar-refractivity contribution is 7.89. The van der Waals surface area contributed by atoms with Crippen LogP contribution in [-0.2, 0) is 19.6 Å². The molecule has 0 spiro atoms. The molecule has 1 unspecified atom stereocenters. The molecule has 1 atom stereocenters. The number of anilines is 1. The molecule has 1 fully saturated rings. The molecular formula is C19H31N4O4S+. The first-order valence-corrected chi connectivity index (χ1v) is 10.9. The Kier molecular flexibility index (Phi) is 7.19. The Morgan fingerprint density at radius 2 is 1.75 bits per heavy atom. The van der Waals surface area contributed by atoms with Crippen molar-refractivity contribution in [3.63, 3.8) is 0 Å². The van der Waals surface area contributed by atoms with Crippen LogP contribution in [0.25, 0.3) is 0 Å². The van der Waals surface area contributed by atoms with E-state index in [1.165, 1.54) is 23.4 Å². The summed E-state index contributed by atoms with van der Waals surface area (Å²) in [5, 5.41) is 5.58. The van der Waals surface area contributed by atoms with Crippen LogP contribution in [-0.4, -0.2) is 62.8 Å². The van der Waals surface area contributed by atoms with Crippen LogP contribution < -0.4 is 15.5 Å². The summed E-state index contributed by atoms with van der Waals surface area (Å²) in [6.45, 7) is 9.70. The van der Waals surface area contributed by atoms with Gasteiger partial charge in [-0.1, -0.05) is 0 Å². The fourth-order valence-electron chi connectivity index (χ4n) is 3.19. The van der Waals surface area contributed by atoms with Crippen molar-refractivity contribution in [3.8, 4) is 0 Å². The molecule has 28 heavy (non-hydrogen) atoms. The number of quaternary nitrogens is 1. The van der Waals surface area contributed by atoms with Gasteiger partial charge in [0.25, 0.3) is 5.91 Å². The number of benzene rings is 1. The second-order valence-electron chi connectivity index (χ2n) is 8.19. The number of carbonyl (C=O) groups is 2. The molecule has 0 saturated carbocycles. The van der Waals surface area contributed by atoms with Crippen molar-refractivity contribution in [2.24, 2.45) is 0 Å². The van der Waals surface area contributed by atoms with Gasteiger partial charge in [0.1, 0.15) is 0 Å². The minimum absolute atomic E-state index is 0.0210. The fraction of sp³-hybridized carbons (Fsp3) is 0.579. The van der Waals surface area contributed by atoms with E-state index in [9.17, 15) is 18.0 Å². The number of sulfonamides is 1. The van der Waals surface area contributed by atoms with Gasteiger partial charge in [0, 0.05) is 31.1 Å². The average molecular weight is 412 g/mol. The zero-order valence-corrected chi connectivity index (χ0v) is 17.9. The van der Waals surface area contributed by atoms with Gasteiger partial charge in [-0.15, -0.1) is 0 Å². The third-order valence-corrected chi connectivity index (χ3v) is 6.30. The summed E-state index contributed by atoms with van der Waals surface area (Å²) in [4.78, 5) is 24.5. The Balaban J connectivity index is 2.00. The quantitative estimate of drug-likeness (QED) is 0.627. The average Bonchev–Trinajstić information content (AvgIpc) is 2.79.